The molecule has 0 bridgehead atoms. The average molecular weight is 200 g/mol. The molecule has 0 aromatic carbocycles. The van der Waals surface area contributed by atoms with Crippen molar-refractivity contribution in [1.82, 2.24) is 5.32 Å². The van der Waals surface area contributed by atoms with Crippen molar-refractivity contribution in [1.29, 1.82) is 0 Å². The topological polar surface area (TPSA) is 55.1 Å². The largest absolute Gasteiger partial charge is 0.356 e. The molecule has 0 aromatic heterocycles. The third-order valence-corrected chi connectivity index (χ3v) is 2.82. The maximum Gasteiger partial charge on any atom is 0.225 e. The summed E-state index contributed by atoms with van der Waals surface area (Å²) in [4.78, 5) is 11.6. The summed E-state index contributed by atoms with van der Waals surface area (Å²) in [5.41, 5.74) is 5.50. The number of carbonyl (C=O) groups excluding carboxylic acids is 1. The van der Waals surface area contributed by atoms with Gasteiger partial charge in [-0.1, -0.05) is 27.7 Å². The summed E-state index contributed by atoms with van der Waals surface area (Å²) in [5, 5.41) is 2.92. The summed E-state index contributed by atoms with van der Waals surface area (Å²) in [6, 6.07) is 0.208. The van der Waals surface area contributed by atoms with Crippen molar-refractivity contribution in [2.75, 3.05) is 6.54 Å². The number of nitrogens with two attached hydrogens (primary N) is 1. The van der Waals surface area contributed by atoms with Crippen LogP contribution in [-0.2, 0) is 4.79 Å². The summed E-state index contributed by atoms with van der Waals surface area (Å²) in [5.74, 6) is 0.128. The smallest absolute Gasteiger partial charge is 0.225 e. The number of hydrogen-bond acceptors (Lipinski definition) is 2. The molecule has 3 nitrogen and oxygen atoms in total. The third kappa shape index (κ3) is 4.61. The van der Waals surface area contributed by atoms with Gasteiger partial charge in [0.25, 0.3) is 0 Å². The van der Waals surface area contributed by atoms with Gasteiger partial charge in [-0.25, -0.2) is 0 Å². The van der Waals surface area contributed by atoms with Crippen LogP contribution < -0.4 is 11.1 Å². The Bertz CT molecular complexity index is 178. The van der Waals surface area contributed by atoms with Gasteiger partial charge in [-0.05, 0) is 19.3 Å². The van der Waals surface area contributed by atoms with Gasteiger partial charge in [-0.2, -0.15) is 0 Å². The second-order valence-electron chi connectivity index (χ2n) is 4.45. The second kappa shape index (κ2) is 6.02. The highest BCUT2D eigenvalue weighted by Crippen LogP contribution is 2.19. The average Bonchev–Trinajstić information content (AvgIpc) is 2.17. The van der Waals surface area contributed by atoms with Crippen LogP contribution in [0.25, 0.3) is 0 Å². The van der Waals surface area contributed by atoms with Crippen LogP contribution in [0.2, 0.25) is 0 Å². The van der Waals surface area contributed by atoms with Crippen molar-refractivity contribution in [2.24, 2.45) is 11.1 Å². The van der Waals surface area contributed by atoms with Crippen LogP contribution in [-0.4, -0.2) is 18.5 Å². The van der Waals surface area contributed by atoms with Crippen LogP contribution in [0.3, 0.4) is 0 Å². The minimum Gasteiger partial charge on any atom is -0.356 e. The van der Waals surface area contributed by atoms with Crippen molar-refractivity contribution in [3.05, 3.63) is 0 Å². The van der Waals surface area contributed by atoms with Gasteiger partial charge in [-0.3, -0.25) is 4.79 Å². The van der Waals surface area contributed by atoms with E-state index in [2.05, 4.69) is 12.2 Å². The Morgan fingerprint density at radius 3 is 2.43 bits per heavy atom. The first-order valence-corrected chi connectivity index (χ1v) is 5.48. The fourth-order valence-corrected chi connectivity index (χ4v) is 0.975. The molecular weight excluding hydrogens is 176 g/mol. The fourth-order valence-electron chi connectivity index (χ4n) is 0.975. The molecule has 14 heavy (non-hydrogen) atoms. The van der Waals surface area contributed by atoms with Crippen LogP contribution in [0.4, 0.5) is 0 Å². The number of rotatable bonds is 6. The van der Waals surface area contributed by atoms with Crippen LogP contribution in [0.5, 0.6) is 0 Å². The number of nitrogens with one attached hydrogen (secondary N) is 1. The minimum absolute atomic E-state index is 0.128. The van der Waals surface area contributed by atoms with E-state index in [1.54, 1.807) is 0 Å². The predicted molar refractivity (Wildman–Crippen MR) is 60.0 cm³/mol. The monoisotopic (exact) mass is 200 g/mol. The molecule has 1 unspecified atom stereocenters. The molecule has 0 aromatic rings. The molecule has 84 valence electrons. The molecule has 0 radical (unpaired) electrons. The standard InChI is InChI=1S/C11H24N2O/c1-5-9(12)7-8-13-10(14)11(3,4)6-2/h9H,5-8,12H2,1-4H3,(H,13,14). The lowest BCUT2D eigenvalue weighted by atomic mass is 9.89. The van der Waals surface area contributed by atoms with Gasteiger partial charge in [0.05, 0.1) is 0 Å². The molecule has 1 atom stereocenters. The maximum absolute atomic E-state index is 11.6. The second-order valence-corrected chi connectivity index (χ2v) is 4.45. The van der Waals surface area contributed by atoms with Crippen LogP contribution in [0.1, 0.15) is 47.0 Å². The molecule has 0 spiro atoms. The Morgan fingerprint density at radius 1 is 1.43 bits per heavy atom. The van der Waals surface area contributed by atoms with E-state index in [-0.39, 0.29) is 17.4 Å². The van der Waals surface area contributed by atoms with Gasteiger partial charge in [-0.15, -0.1) is 0 Å². The molecule has 0 rings (SSSR count). The van der Waals surface area contributed by atoms with Gasteiger partial charge in [0.15, 0.2) is 0 Å². The van der Waals surface area contributed by atoms with E-state index in [1.807, 2.05) is 20.8 Å². The molecule has 1 amide bonds. The van der Waals surface area contributed by atoms with Gasteiger partial charge < -0.3 is 11.1 Å². The van der Waals surface area contributed by atoms with E-state index in [1.165, 1.54) is 0 Å². The first-order chi connectivity index (χ1) is 6.44. The minimum atomic E-state index is -0.254. The van der Waals surface area contributed by atoms with Crippen molar-refractivity contribution in [3.8, 4) is 0 Å². The normalized spacial score (nSPS) is 13.8. The Labute approximate surface area is 87.4 Å². The summed E-state index contributed by atoms with van der Waals surface area (Å²) >= 11 is 0. The molecule has 0 aliphatic carbocycles. The first-order valence-electron chi connectivity index (χ1n) is 5.48. The summed E-state index contributed by atoms with van der Waals surface area (Å²) in [6.45, 7) is 8.70. The maximum atomic E-state index is 11.6. The van der Waals surface area contributed by atoms with Gasteiger partial charge in [0.2, 0.25) is 5.91 Å². The zero-order valence-corrected chi connectivity index (χ0v) is 9.89. The zero-order chi connectivity index (χ0) is 11.2. The van der Waals surface area contributed by atoms with Crippen molar-refractivity contribution < 1.29 is 4.79 Å². The van der Waals surface area contributed by atoms with E-state index >= 15 is 0 Å². The van der Waals surface area contributed by atoms with E-state index in [9.17, 15) is 4.79 Å². The van der Waals surface area contributed by atoms with Crippen LogP contribution in [0, 0.1) is 5.41 Å². The number of carbonyl (C=O) groups is 1. The lowest BCUT2D eigenvalue weighted by Gasteiger charge is -2.21. The fraction of sp³-hybridized carbons (Fsp3) is 0.909. The van der Waals surface area contributed by atoms with Gasteiger partial charge in [0.1, 0.15) is 0 Å². The SMILES string of the molecule is CCC(N)CCNC(=O)C(C)(C)CC. The Hall–Kier alpha value is -0.570. The highest BCUT2D eigenvalue weighted by molar-refractivity contribution is 5.81. The van der Waals surface area contributed by atoms with Crippen LogP contribution in [0.15, 0.2) is 0 Å². The molecule has 0 saturated carbocycles. The highest BCUT2D eigenvalue weighted by atomic mass is 16.2. The van der Waals surface area contributed by atoms with Crippen molar-refractivity contribution in [2.45, 2.75) is 53.0 Å². The quantitative estimate of drug-likeness (QED) is 0.685. The third-order valence-electron chi connectivity index (χ3n) is 2.82. The lowest BCUT2D eigenvalue weighted by molar-refractivity contribution is -0.129. The first kappa shape index (κ1) is 13.4. The van der Waals surface area contributed by atoms with Crippen molar-refractivity contribution in [3.63, 3.8) is 0 Å². The highest BCUT2D eigenvalue weighted by Gasteiger charge is 2.24. The molecule has 3 heteroatoms. The van der Waals surface area contributed by atoms with Crippen molar-refractivity contribution >= 4 is 5.91 Å². The van der Waals surface area contributed by atoms with E-state index in [4.69, 9.17) is 5.73 Å². The zero-order valence-electron chi connectivity index (χ0n) is 9.89. The summed E-state index contributed by atoms with van der Waals surface area (Å²) in [6.07, 6.45) is 2.69. The predicted octanol–water partition coefficient (Wildman–Crippen LogP) is 1.67. The number of amides is 1. The molecule has 0 saturated heterocycles. The Kier molecular flexibility index (Phi) is 5.77. The molecule has 0 fully saturated rings. The van der Waals surface area contributed by atoms with Gasteiger partial charge in [0, 0.05) is 18.0 Å². The van der Waals surface area contributed by atoms with E-state index in [0.717, 1.165) is 19.3 Å². The molecular formula is C11H24N2O. The van der Waals surface area contributed by atoms with E-state index < -0.39 is 0 Å². The Morgan fingerprint density at radius 2 is 2.00 bits per heavy atom. The van der Waals surface area contributed by atoms with Crippen LogP contribution >= 0.6 is 0 Å². The Balaban J connectivity index is 3.75. The molecule has 0 aliphatic heterocycles. The van der Waals surface area contributed by atoms with Gasteiger partial charge >= 0.3 is 0 Å². The molecule has 0 heterocycles. The molecule has 3 N–H and O–H groups in total. The lowest BCUT2D eigenvalue weighted by Crippen LogP contribution is -2.38. The molecule has 0 aliphatic rings. The summed E-state index contributed by atoms with van der Waals surface area (Å²) < 4.78 is 0. The number of hydrogen-bond donors (Lipinski definition) is 2. The van der Waals surface area contributed by atoms with E-state index in [0.29, 0.717) is 6.54 Å². The summed E-state index contributed by atoms with van der Waals surface area (Å²) in [7, 11) is 0.